The summed E-state index contributed by atoms with van der Waals surface area (Å²) in [6.07, 6.45) is 2.00. The van der Waals surface area contributed by atoms with Crippen molar-refractivity contribution in [1.29, 1.82) is 0 Å². The van der Waals surface area contributed by atoms with Crippen molar-refractivity contribution in [3.05, 3.63) is 29.5 Å². The minimum atomic E-state index is 0.752. The van der Waals surface area contributed by atoms with E-state index in [1.165, 1.54) is 11.3 Å². The summed E-state index contributed by atoms with van der Waals surface area (Å²) >= 11 is 0. The maximum Gasteiger partial charge on any atom is 0.120 e. The Bertz CT molecular complexity index is 593. The Morgan fingerprint density at radius 2 is 2.00 bits per heavy atom. The Kier molecular flexibility index (Phi) is 4.83. The molecule has 108 valence electrons. The van der Waals surface area contributed by atoms with Gasteiger partial charge in [-0.15, -0.1) is 0 Å². The third kappa shape index (κ3) is 2.87. The van der Waals surface area contributed by atoms with Gasteiger partial charge in [-0.25, -0.2) is 0 Å². The summed E-state index contributed by atoms with van der Waals surface area (Å²) in [7, 11) is 0. The van der Waals surface area contributed by atoms with Crippen molar-refractivity contribution in [2.45, 2.75) is 40.5 Å². The van der Waals surface area contributed by atoms with Crippen LogP contribution >= 0.6 is 0 Å². The number of nitrogens with one attached hydrogen (secondary N) is 1. The summed E-state index contributed by atoms with van der Waals surface area (Å²) in [6, 6.07) is 6.16. The fourth-order valence-electron chi connectivity index (χ4n) is 2.53. The van der Waals surface area contributed by atoms with Gasteiger partial charge in [-0.1, -0.05) is 13.8 Å². The van der Waals surface area contributed by atoms with Crippen LogP contribution in [0, 0.1) is 6.92 Å². The number of pyridine rings is 1. The Morgan fingerprint density at radius 3 is 2.65 bits per heavy atom. The molecule has 0 unspecified atom stereocenters. The molecule has 3 heteroatoms. The average Bonchev–Trinajstić information content (AvgIpc) is 2.45. The molecule has 0 spiro atoms. The molecule has 20 heavy (non-hydrogen) atoms. The van der Waals surface area contributed by atoms with Gasteiger partial charge in [-0.2, -0.15) is 0 Å². The largest absolute Gasteiger partial charge is 0.494 e. The van der Waals surface area contributed by atoms with Crippen molar-refractivity contribution >= 4 is 16.6 Å². The van der Waals surface area contributed by atoms with Crippen LogP contribution in [0.1, 0.15) is 38.4 Å². The molecule has 0 saturated heterocycles. The van der Waals surface area contributed by atoms with Gasteiger partial charge < -0.3 is 10.1 Å². The van der Waals surface area contributed by atoms with Crippen molar-refractivity contribution in [1.82, 2.24) is 4.98 Å². The molecule has 2 aromatic rings. The van der Waals surface area contributed by atoms with E-state index in [4.69, 9.17) is 9.72 Å². The highest BCUT2D eigenvalue weighted by molar-refractivity contribution is 5.94. The summed E-state index contributed by atoms with van der Waals surface area (Å²) in [5.74, 6) is 0.922. The summed E-state index contributed by atoms with van der Waals surface area (Å²) in [6.45, 7) is 10.2. The van der Waals surface area contributed by atoms with Gasteiger partial charge in [0, 0.05) is 23.3 Å². The van der Waals surface area contributed by atoms with E-state index in [0.717, 1.165) is 48.3 Å². The van der Waals surface area contributed by atoms with Gasteiger partial charge in [-0.05, 0) is 50.5 Å². The first kappa shape index (κ1) is 14.6. The number of benzene rings is 1. The highest BCUT2D eigenvalue weighted by atomic mass is 16.5. The first-order valence-electron chi connectivity index (χ1n) is 7.51. The molecule has 1 N–H and O–H groups in total. The molecule has 1 aromatic heterocycles. The summed E-state index contributed by atoms with van der Waals surface area (Å²) < 4.78 is 5.74. The number of anilines is 1. The Morgan fingerprint density at radius 1 is 1.20 bits per heavy atom. The van der Waals surface area contributed by atoms with Crippen molar-refractivity contribution < 1.29 is 4.74 Å². The van der Waals surface area contributed by atoms with Gasteiger partial charge in [0.1, 0.15) is 5.75 Å². The maximum absolute atomic E-state index is 5.74. The van der Waals surface area contributed by atoms with Crippen LogP contribution in [-0.2, 0) is 6.42 Å². The van der Waals surface area contributed by atoms with Gasteiger partial charge in [0.25, 0.3) is 0 Å². The van der Waals surface area contributed by atoms with Crippen LogP contribution in [0.4, 0.5) is 5.69 Å². The average molecular weight is 272 g/mol. The lowest BCUT2D eigenvalue weighted by Crippen LogP contribution is -2.05. The van der Waals surface area contributed by atoms with Crippen LogP contribution in [-0.4, -0.2) is 18.1 Å². The number of hydrogen-bond acceptors (Lipinski definition) is 3. The molecule has 0 bridgehead atoms. The molecular formula is C17H24N2O. The van der Waals surface area contributed by atoms with Gasteiger partial charge in [-0.3, -0.25) is 4.98 Å². The predicted molar refractivity (Wildman–Crippen MR) is 85.8 cm³/mol. The Balaban J connectivity index is 2.58. The monoisotopic (exact) mass is 272 g/mol. The van der Waals surface area contributed by atoms with Crippen LogP contribution in [0.5, 0.6) is 5.75 Å². The van der Waals surface area contributed by atoms with Crippen LogP contribution < -0.4 is 10.1 Å². The zero-order valence-electron chi connectivity index (χ0n) is 12.9. The molecule has 1 heterocycles. The third-order valence-corrected chi connectivity index (χ3v) is 3.44. The molecule has 1 aromatic carbocycles. The number of nitrogens with zero attached hydrogens (tertiary/aromatic N) is 1. The van der Waals surface area contributed by atoms with E-state index >= 15 is 0 Å². The lowest BCUT2D eigenvalue weighted by molar-refractivity contribution is 0.318. The molecule has 2 rings (SSSR count). The fraction of sp³-hybridized carbons (Fsp3) is 0.471. The molecule has 0 aliphatic heterocycles. The smallest absolute Gasteiger partial charge is 0.120 e. The van der Waals surface area contributed by atoms with Gasteiger partial charge in [0.2, 0.25) is 0 Å². The number of fused-ring (bicyclic) bond motifs is 1. The maximum atomic E-state index is 5.74. The van der Waals surface area contributed by atoms with Gasteiger partial charge in [0.15, 0.2) is 0 Å². The predicted octanol–water partition coefficient (Wildman–Crippen LogP) is 4.33. The second-order valence-corrected chi connectivity index (χ2v) is 4.96. The highest BCUT2D eigenvalue weighted by Gasteiger charge is 2.11. The molecule has 0 aliphatic carbocycles. The number of hydrogen-bond donors (Lipinski definition) is 1. The number of aryl methyl sites for hydroxylation is 1. The molecule has 0 amide bonds. The summed E-state index contributed by atoms with van der Waals surface area (Å²) in [4.78, 5) is 4.72. The normalized spacial score (nSPS) is 10.8. The van der Waals surface area contributed by atoms with Gasteiger partial charge in [0.05, 0.1) is 12.1 Å². The third-order valence-electron chi connectivity index (χ3n) is 3.44. The molecule has 0 saturated carbocycles. The second kappa shape index (κ2) is 6.60. The topological polar surface area (TPSA) is 34.1 Å². The first-order valence-corrected chi connectivity index (χ1v) is 7.51. The highest BCUT2D eigenvalue weighted by Crippen LogP contribution is 2.31. The molecule has 3 nitrogen and oxygen atoms in total. The Labute approximate surface area is 121 Å². The zero-order valence-corrected chi connectivity index (χ0v) is 12.9. The van der Waals surface area contributed by atoms with Crippen molar-refractivity contribution in [3.63, 3.8) is 0 Å². The quantitative estimate of drug-likeness (QED) is 0.850. The Hall–Kier alpha value is -1.77. The van der Waals surface area contributed by atoms with E-state index in [9.17, 15) is 0 Å². The zero-order chi connectivity index (χ0) is 14.5. The van der Waals surface area contributed by atoms with E-state index in [2.05, 4.69) is 39.1 Å². The lowest BCUT2D eigenvalue weighted by Gasteiger charge is -2.16. The summed E-state index contributed by atoms with van der Waals surface area (Å²) in [5.41, 5.74) is 4.64. The summed E-state index contributed by atoms with van der Waals surface area (Å²) in [5, 5.41) is 4.65. The van der Waals surface area contributed by atoms with E-state index in [0.29, 0.717) is 0 Å². The second-order valence-electron chi connectivity index (χ2n) is 4.96. The molecule has 0 radical (unpaired) electrons. The lowest BCUT2D eigenvalue weighted by atomic mass is 10.0. The van der Waals surface area contributed by atoms with Crippen molar-refractivity contribution in [2.24, 2.45) is 0 Å². The van der Waals surface area contributed by atoms with Crippen LogP contribution in [0.2, 0.25) is 0 Å². The fourth-order valence-corrected chi connectivity index (χ4v) is 2.53. The van der Waals surface area contributed by atoms with Crippen LogP contribution in [0.15, 0.2) is 18.2 Å². The van der Waals surface area contributed by atoms with E-state index < -0.39 is 0 Å². The van der Waals surface area contributed by atoms with Crippen molar-refractivity contribution in [2.75, 3.05) is 18.5 Å². The van der Waals surface area contributed by atoms with Gasteiger partial charge >= 0.3 is 0 Å². The number of ether oxygens (including phenoxy) is 1. The number of rotatable bonds is 6. The minimum Gasteiger partial charge on any atom is -0.494 e. The van der Waals surface area contributed by atoms with E-state index in [-0.39, 0.29) is 0 Å². The first-order chi connectivity index (χ1) is 9.71. The molecular weight excluding hydrogens is 248 g/mol. The van der Waals surface area contributed by atoms with Crippen molar-refractivity contribution in [3.8, 4) is 5.75 Å². The van der Waals surface area contributed by atoms with Crippen LogP contribution in [0.3, 0.4) is 0 Å². The molecule has 0 atom stereocenters. The minimum absolute atomic E-state index is 0.752. The van der Waals surface area contributed by atoms with E-state index in [1.807, 2.05) is 12.1 Å². The standard InChI is InChI=1S/C17H24N2O/c1-5-10-20-13-8-9-16-15(11-13)17(18-7-3)14(6-2)12(4)19-16/h8-9,11H,5-7,10H2,1-4H3,(H,18,19). The van der Waals surface area contributed by atoms with Crippen LogP contribution in [0.25, 0.3) is 10.9 Å². The molecule has 0 fully saturated rings. The number of aromatic nitrogens is 1. The SMILES string of the molecule is CCCOc1ccc2nc(C)c(CC)c(NCC)c2c1. The van der Waals surface area contributed by atoms with E-state index in [1.54, 1.807) is 0 Å². The molecule has 0 aliphatic rings.